The van der Waals surface area contributed by atoms with Gasteiger partial charge in [0, 0.05) is 22.2 Å². The molecule has 0 heterocycles. The number of carbonyl (C=O) groups is 1. The number of hydrogen-bond acceptors (Lipinski definition) is 2. The Morgan fingerprint density at radius 3 is 2.57 bits per heavy atom. The first-order valence-electron chi connectivity index (χ1n) is 6.54. The summed E-state index contributed by atoms with van der Waals surface area (Å²) in [6, 6.07) is 14.9. The van der Waals surface area contributed by atoms with E-state index in [2.05, 4.69) is 5.32 Å². The Kier molecular flexibility index (Phi) is 5.22. The first-order chi connectivity index (χ1) is 10.1. The zero-order valence-corrected chi connectivity index (χ0v) is 12.4. The first-order valence-corrected chi connectivity index (χ1v) is 7.92. The number of amides is 1. The third-order valence-corrected chi connectivity index (χ3v) is 4.62. The molecule has 0 aliphatic carbocycles. The zero-order valence-electron chi connectivity index (χ0n) is 11.6. The van der Waals surface area contributed by atoms with Crippen LogP contribution in [0.25, 0.3) is 0 Å². The average molecular weight is 305 g/mol. The second-order valence-corrected chi connectivity index (χ2v) is 6.41. The summed E-state index contributed by atoms with van der Waals surface area (Å²) in [6.07, 6.45) is 0. The van der Waals surface area contributed by atoms with Gasteiger partial charge in [0.2, 0.25) is 5.91 Å². The van der Waals surface area contributed by atoms with Crippen molar-refractivity contribution in [2.45, 2.75) is 17.9 Å². The smallest absolute Gasteiger partial charge is 0.239 e. The fourth-order valence-electron chi connectivity index (χ4n) is 1.80. The van der Waals surface area contributed by atoms with Crippen LogP contribution in [0.2, 0.25) is 0 Å². The molecule has 0 spiro atoms. The van der Waals surface area contributed by atoms with E-state index in [-0.39, 0.29) is 17.5 Å². The van der Waals surface area contributed by atoms with Crippen LogP contribution in [0.3, 0.4) is 0 Å². The summed E-state index contributed by atoms with van der Waals surface area (Å²) in [5.41, 5.74) is 1.28. The highest BCUT2D eigenvalue weighted by Crippen LogP contribution is 2.12. The maximum absolute atomic E-state index is 13.1. The minimum absolute atomic E-state index is 0.154. The number of halogens is 1. The molecule has 2 rings (SSSR count). The van der Waals surface area contributed by atoms with Gasteiger partial charge in [0.05, 0.1) is 0 Å². The van der Waals surface area contributed by atoms with Crippen LogP contribution >= 0.6 is 0 Å². The molecule has 5 heteroatoms. The third kappa shape index (κ3) is 4.49. The van der Waals surface area contributed by atoms with Gasteiger partial charge in [-0.1, -0.05) is 30.3 Å². The van der Waals surface area contributed by atoms with Crippen molar-refractivity contribution < 1.29 is 13.4 Å². The van der Waals surface area contributed by atoms with Crippen LogP contribution in [-0.2, 0) is 21.3 Å². The molecular weight excluding hydrogens is 289 g/mol. The lowest BCUT2D eigenvalue weighted by molar-refractivity contribution is -0.115. The van der Waals surface area contributed by atoms with Gasteiger partial charge in [0.1, 0.15) is 11.1 Å². The summed E-state index contributed by atoms with van der Waals surface area (Å²) in [4.78, 5) is 12.0. The molecule has 21 heavy (non-hydrogen) atoms. The maximum Gasteiger partial charge on any atom is 0.239 e. The molecule has 0 aliphatic heterocycles. The summed E-state index contributed by atoms with van der Waals surface area (Å²) in [6.45, 7) is 1.60. The van der Waals surface area contributed by atoms with Gasteiger partial charge in [-0.2, -0.15) is 0 Å². The number of para-hydroxylation sites is 1. The Hall–Kier alpha value is -2.01. The summed E-state index contributed by atoms with van der Waals surface area (Å²) < 4.78 is 25.3. The molecule has 1 N–H and O–H groups in total. The Morgan fingerprint density at radius 1 is 1.19 bits per heavy atom. The summed E-state index contributed by atoms with van der Waals surface area (Å²) in [7, 11) is -1.41. The summed E-state index contributed by atoms with van der Waals surface area (Å²) in [5, 5.41) is 2.04. The third-order valence-electron chi connectivity index (χ3n) is 3.00. The Balaban J connectivity index is 1.97. The molecule has 2 aromatic rings. The Bertz CT molecular complexity index is 646. The number of anilines is 1. The van der Waals surface area contributed by atoms with E-state index < -0.39 is 16.0 Å². The molecule has 2 aromatic carbocycles. The van der Waals surface area contributed by atoms with Gasteiger partial charge in [-0.05, 0) is 36.8 Å². The standard InChI is InChI=1S/C16H16FNO2S/c1-12(16(19)18-15-8-3-2-4-9-15)21(20)11-13-6-5-7-14(17)10-13/h2-10,12H,11H2,1H3,(H,18,19). The van der Waals surface area contributed by atoms with Crippen LogP contribution in [0.1, 0.15) is 12.5 Å². The summed E-state index contributed by atoms with van der Waals surface area (Å²) in [5.74, 6) is -0.525. The number of carbonyl (C=O) groups excluding carboxylic acids is 1. The van der Waals surface area contributed by atoms with Crippen LogP contribution in [0, 0.1) is 5.82 Å². The molecule has 2 unspecified atom stereocenters. The van der Waals surface area contributed by atoms with E-state index in [1.807, 2.05) is 18.2 Å². The normalized spacial score (nSPS) is 13.4. The molecule has 0 saturated heterocycles. The van der Waals surface area contributed by atoms with Crippen molar-refractivity contribution in [2.75, 3.05) is 5.32 Å². The quantitative estimate of drug-likeness (QED) is 0.922. The van der Waals surface area contributed by atoms with E-state index in [9.17, 15) is 13.4 Å². The first kappa shape index (κ1) is 15.4. The molecule has 1 amide bonds. The van der Waals surface area contributed by atoms with Gasteiger partial charge in [-0.3, -0.25) is 9.00 Å². The number of rotatable bonds is 5. The van der Waals surface area contributed by atoms with Crippen molar-refractivity contribution in [3.63, 3.8) is 0 Å². The molecule has 0 radical (unpaired) electrons. The van der Waals surface area contributed by atoms with Crippen molar-refractivity contribution in [1.82, 2.24) is 0 Å². The minimum atomic E-state index is -1.41. The van der Waals surface area contributed by atoms with Crippen molar-refractivity contribution in [2.24, 2.45) is 0 Å². The van der Waals surface area contributed by atoms with E-state index in [0.29, 0.717) is 11.3 Å². The molecule has 0 bridgehead atoms. The SMILES string of the molecule is CC(C(=O)Nc1ccccc1)S(=O)Cc1cccc(F)c1. The Morgan fingerprint density at radius 2 is 1.90 bits per heavy atom. The second kappa shape index (κ2) is 7.13. The lowest BCUT2D eigenvalue weighted by atomic mass is 10.2. The molecular formula is C16H16FNO2S. The predicted molar refractivity (Wildman–Crippen MR) is 82.8 cm³/mol. The van der Waals surface area contributed by atoms with E-state index in [4.69, 9.17) is 0 Å². The monoisotopic (exact) mass is 305 g/mol. The Labute approximate surface area is 125 Å². The largest absolute Gasteiger partial charge is 0.325 e. The maximum atomic E-state index is 13.1. The van der Waals surface area contributed by atoms with Crippen LogP contribution in [0.4, 0.5) is 10.1 Å². The molecule has 0 aromatic heterocycles. The molecule has 110 valence electrons. The van der Waals surface area contributed by atoms with E-state index >= 15 is 0 Å². The topological polar surface area (TPSA) is 46.2 Å². The van der Waals surface area contributed by atoms with Gasteiger partial charge in [-0.15, -0.1) is 0 Å². The predicted octanol–water partition coefficient (Wildman–Crippen LogP) is 3.10. The van der Waals surface area contributed by atoms with E-state index in [1.165, 1.54) is 12.1 Å². The fourth-order valence-corrected chi connectivity index (χ4v) is 2.86. The van der Waals surface area contributed by atoms with Gasteiger partial charge in [-0.25, -0.2) is 4.39 Å². The van der Waals surface area contributed by atoms with Crippen molar-refractivity contribution in [3.8, 4) is 0 Å². The van der Waals surface area contributed by atoms with Gasteiger partial charge >= 0.3 is 0 Å². The van der Waals surface area contributed by atoms with Crippen molar-refractivity contribution in [1.29, 1.82) is 0 Å². The number of benzene rings is 2. The van der Waals surface area contributed by atoms with Crippen LogP contribution < -0.4 is 5.32 Å². The lowest BCUT2D eigenvalue weighted by Gasteiger charge is -2.12. The molecule has 0 saturated carbocycles. The van der Waals surface area contributed by atoms with Gasteiger partial charge in [0.15, 0.2) is 0 Å². The molecule has 3 nitrogen and oxygen atoms in total. The lowest BCUT2D eigenvalue weighted by Crippen LogP contribution is -2.29. The molecule has 2 atom stereocenters. The molecule has 0 fully saturated rings. The molecule has 0 aliphatic rings. The highest BCUT2D eigenvalue weighted by Gasteiger charge is 2.20. The fraction of sp³-hybridized carbons (Fsp3) is 0.188. The van der Waals surface area contributed by atoms with Crippen molar-refractivity contribution in [3.05, 3.63) is 66.0 Å². The highest BCUT2D eigenvalue weighted by atomic mass is 32.2. The van der Waals surface area contributed by atoms with Gasteiger partial charge < -0.3 is 5.32 Å². The highest BCUT2D eigenvalue weighted by molar-refractivity contribution is 7.85. The van der Waals surface area contributed by atoms with Gasteiger partial charge in [0.25, 0.3) is 0 Å². The minimum Gasteiger partial charge on any atom is -0.325 e. The average Bonchev–Trinajstić information content (AvgIpc) is 2.47. The van der Waals surface area contributed by atoms with E-state index in [0.717, 1.165) is 0 Å². The van der Waals surface area contributed by atoms with Crippen LogP contribution in [0.5, 0.6) is 0 Å². The number of nitrogens with one attached hydrogen (secondary N) is 1. The van der Waals surface area contributed by atoms with Crippen LogP contribution in [0.15, 0.2) is 54.6 Å². The van der Waals surface area contributed by atoms with Crippen LogP contribution in [-0.4, -0.2) is 15.4 Å². The zero-order chi connectivity index (χ0) is 15.2. The van der Waals surface area contributed by atoms with Crippen molar-refractivity contribution >= 4 is 22.4 Å². The summed E-state index contributed by atoms with van der Waals surface area (Å²) >= 11 is 0. The van der Waals surface area contributed by atoms with E-state index in [1.54, 1.807) is 31.2 Å². The number of hydrogen-bond donors (Lipinski definition) is 1. The second-order valence-electron chi connectivity index (χ2n) is 4.65.